The second kappa shape index (κ2) is 5.75. The number of hydrogen-bond acceptors (Lipinski definition) is 4. The summed E-state index contributed by atoms with van der Waals surface area (Å²) in [6.45, 7) is 5.77. The van der Waals surface area contributed by atoms with Crippen LogP contribution in [0, 0.1) is 13.8 Å². The van der Waals surface area contributed by atoms with Gasteiger partial charge in [0.15, 0.2) is 0 Å². The van der Waals surface area contributed by atoms with Crippen LogP contribution < -0.4 is 5.73 Å². The van der Waals surface area contributed by atoms with E-state index in [1.807, 2.05) is 13.8 Å². The first kappa shape index (κ1) is 15.9. The molecule has 1 fully saturated rings. The fraction of sp³-hybridized carbons (Fsp3) is 0.500. The van der Waals surface area contributed by atoms with Gasteiger partial charge in [-0.2, -0.15) is 4.31 Å². The average molecular weight is 312 g/mol. The maximum Gasteiger partial charge on any atom is 0.243 e. The van der Waals surface area contributed by atoms with Gasteiger partial charge in [-0.3, -0.25) is 4.79 Å². The Labute approximate surface area is 124 Å². The van der Waals surface area contributed by atoms with E-state index < -0.39 is 28.1 Å². The zero-order chi connectivity index (χ0) is 15.8. The Morgan fingerprint density at radius 3 is 2.57 bits per heavy atom. The Balaban J connectivity index is 2.45. The molecule has 21 heavy (non-hydrogen) atoms. The smallest absolute Gasteiger partial charge is 0.243 e. The number of nitrogens with zero attached hydrogens (tertiary/aromatic N) is 1. The molecule has 2 N–H and O–H groups in total. The number of amides is 1. The third kappa shape index (κ3) is 2.95. The number of carbonyl (C=O) groups is 1. The van der Waals surface area contributed by atoms with E-state index in [2.05, 4.69) is 0 Å². The second-order valence-corrected chi connectivity index (χ2v) is 7.18. The number of primary amides is 1. The summed E-state index contributed by atoms with van der Waals surface area (Å²) in [7, 11) is -3.78. The van der Waals surface area contributed by atoms with Gasteiger partial charge in [0.05, 0.1) is 17.6 Å². The van der Waals surface area contributed by atoms with E-state index in [9.17, 15) is 13.2 Å². The van der Waals surface area contributed by atoms with Crippen molar-refractivity contribution < 1.29 is 17.9 Å². The molecule has 1 aliphatic rings. The van der Waals surface area contributed by atoms with Crippen molar-refractivity contribution in [1.29, 1.82) is 0 Å². The van der Waals surface area contributed by atoms with Gasteiger partial charge in [-0.1, -0.05) is 6.07 Å². The summed E-state index contributed by atoms with van der Waals surface area (Å²) < 4.78 is 32.0. The monoisotopic (exact) mass is 312 g/mol. The third-order valence-corrected chi connectivity index (χ3v) is 5.70. The van der Waals surface area contributed by atoms with Crippen LogP contribution in [0.4, 0.5) is 0 Å². The Morgan fingerprint density at radius 1 is 1.33 bits per heavy atom. The number of nitrogens with two attached hydrogens (primary N) is 1. The molecule has 0 bridgehead atoms. The fourth-order valence-corrected chi connectivity index (χ4v) is 4.17. The minimum Gasteiger partial charge on any atom is -0.375 e. The van der Waals surface area contributed by atoms with E-state index in [4.69, 9.17) is 10.5 Å². The Bertz CT molecular complexity index is 657. The molecule has 2 atom stereocenters. The van der Waals surface area contributed by atoms with Crippen molar-refractivity contribution in [1.82, 2.24) is 4.31 Å². The Morgan fingerprint density at radius 2 is 2.00 bits per heavy atom. The molecule has 0 spiro atoms. The van der Waals surface area contributed by atoms with E-state index >= 15 is 0 Å². The Hall–Kier alpha value is -1.44. The summed E-state index contributed by atoms with van der Waals surface area (Å²) in [5.74, 6) is -0.699. The zero-order valence-corrected chi connectivity index (χ0v) is 13.2. The molecule has 1 aromatic rings. The fourth-order valence-electron chi connectivity index (χ4n) is 2.45. The van der Waals surface area contributed by atoms with Crippen molar-refractivity contribution in [2.45, 2.75) is 37.8 Å². The molecule has 0 aromatic heterocycles. The maximum absolute atomic E-state index is 12.8. The van der Waals surface area contributed by atoms with E-state index in [1.165, 1.54) is 0 Å². The number of morpholine rings is 1. The summed E-state index contributed by atoms with van der Waals surface area (Å²) in [5.41, 5.74) is 7.24. The van der Waals surface area contributed by atoms with Crippen molar-refractivity contribution in [2.75, 3.05) is 13.2 Å². The lowest BCUT2D eigenvalue weighted by Crippen LogP contribution is -2.58. The lowest BCUT2D eigenvalue weighted by molar-refractivity contribution is -0.130. The van der Waals surface area contributed by atoms with E-state index in [-0.39, 0.29) is 18.0 Å². The first-order valence-corrected chi connectivity index (χ1v) is 8.19. The van der Waals surface area contributed by atoms with Gasteiger partial charge in [0.25, 0.3) is 0 Å². The molecular formula is C14H20N2O4S. The van der Waals surface area contributed by atoms with Crippen molar-refractivity contribution in [3.8, 4) is 0 Å². The molecule has 1 heterocycles. The molecule has 6 nitrogen and oxygen atoms in total. The minimum absolute atomic E-state index is 0.118. The summed E-state index contributed by atoms with van der Waals surface area (Å²) in [6, 6.07) is 3.94. The van der Waals surface area contributed by atoms with Gasteiger partial charge in [-0.25, -0.2) is 8.42 Å². The molecular weight excluding hydrogens is 292 g/mol. The van der Waals surface area contributed by atoms with E-state index in [0.29, 0.717) is 0 Å². The van der Waals surface area contributed by atoms with E-state index in [1.54, 1.807) is 25.1 Å². The number of sulfonamides is 1. The molecule has 0 aliphatic carbocycles. The van der Waals surface area contributed by atoms with Gasteiger partial charge < -0.3 is 10.5 Å². The van der Waals surface area contributed by atoms with Crippen molar-refractivity contribution in [2.24, 2.45) is 5.73 Å². The van der Waals surface area contributed by atoms with Gasteiger partial charge in [0, 0.05) is 6.54 Å². The van der Waals surface area contributed by atoms with Crippen LogP contribution in [-0.2, 0) is 19.6 Å². The summed E-state index contributed by atoms with van der Waals surface area (Å²) >= 11 is 0. The number of ether oxygens (including phenoxy) is 1. The van der Waals surface area contributed by atoms with Crippen LogP contribution in [0.15, 0.2) is 23.1 Å². The SMILES string of the molecule is Cc1ccc(S(=O)(=O)N2CCO[C@H](C)[C@H]2C(N)=O)cc1C. The van der Waals surface area contributed by atoms with Crippen LogP contribution in [0.2, 0.25) is 0 Å². The number of benzene rings is 1. The highest BCUT2D eigenvalue weighted by Crippen LogP contribution is 2.25. The normalized spacial score (nSPS) is 24.0. The average Bonchev–Trinajstić information content (AvgIpc) is 2.41. The highest BCUT2D eigenvalue weighted by Gasteiger charge is 2.41. The molecule has 1 amide bonds. The maximum atomic E-state index is 12.8. The molecule has 0 saturated carbocycles. The standard InChI is InChI=1S/C14H20N2O4S/c1-9-4-5-12(8-10(9)2)21(18,19)16-6-7-20-11(3)13(16)14(15)17/h4-5,8,11,13H,6-7H2,1-3H3,(H2,15,17)/t11-,13+/m1/s1. The highest BCUT2D eigenvalue weighted by molar-refractivity contribution is 7.89. The molecule has 1 aliphatic heterocycles. The quantitative estimate of drug-likeness (QED) is 0.883. The van der Waals surface area contributed by atoms with Gasteiger partial charge in [0.2, 0.25) is 15.9 Å². The van der Waals surface area contributed by atoms with Crippen LogP contribution in [0.1, 0.15) is 18.1 Å². The van der Waals surface area contributed by atoms with Gasteiger partial charge >= 0.3 is 0 Å². The first-order valence-electron chi connectivity index (χ1n) is 6.75. The molecule has 2 rings (SSSR count). The van der Waals surface area contributed by atoms with Crippen LogP contribution in [-0.4, -0.2) is 43.9 Å². The van der Waals surface area contributed by atoms with Gasteiger partial charge in [-0.15, -0.1) is 0 Å². The van der Waals surface area contributed by atoms with Crippen LogP contribution in [0.5, 0.6) is 0 Å². The topological polar surface area (TPSA) is 89.7 Å². The molecule has 1 aromatic carbocycles. The van der Waals surface area contributed by atoms with Crippen molar-refractivity contribution >= 4 is 15.9 Å². The number of carbonyl (C=O) groups excluding carboxylic acids is 1. The molecule has 1 saturated heterocycles. The first-order chi connectivity index (χ1) is 9.75. The largest absolute Gasteiger partial charge is 0.375 e. The van der Waals surface area contributed by atoms with Crippen molar-refractivity contribution in [3.63, 3.8) is 0 Å². The summed E-state index contributed by atoms with van der Waals surface area (Å²) in [6.07, 6.45) is -0.558. The molecule has 116 valence electrons. The number of rotatable bonds is 3. The predicted molar refractivity (Wildman–Crippen MR) is 78.2 cm³/mol. The van der Waals surface area contributed by atoms with Crippen molar-refractivity contribution in [3.05, 3.63) is 29.3 Å². The lowest BCUT2D eigenvalue weighted by atomic mass is 10.1. The third-order valence-electron chi connectivity index (χ3n) is 3.82. The summed E-state index contributed by atoms with van der Waals surface area (Å²) in [4.78, 5) is 11.8. The predicted octanol–water partition coefficient (Wildman–Crippen LogP) is 0.567. The second-order valence-electron chi connectivity index (χ2n) is 5.28. The lowest BCUT2D eigenvalue weighted by Gasteiger charge is -2.36. The van der Waals surface area contributed by atoms with Crippen LogP contribution >= 0.6 is 0 Å². The summed E-state index contributed by atoms with van der Waals surface area (Å²) in [5, 5.41) is 0. The number of hydrogen-bond donors (Lipinski definition) is 1. The number of aryl methyl sites for hydroxylation is 2. The van der Waals surface area contributed by atoms with Crippen LogP contribution in [0.3, 0.4) is 0 Å². The van der Waals surface area contributed by atoms with Gasteiger partial charge in [0.1, 0.15) is 6.04 Å². The minimum atomic E-state index is -3.78. The van der Waals surface area contributed by atoms with Gasteiger partial charge in [-0.05, 0) is 44.0 Å². The zero-order valence-electron chi connectivity index (χ0n) is 12.4. The van der Waals surface area contributed by atoms with E-state index in [0.717, 1.165) is 15.4 Å². The Kier molecular flexibility index (Phi) is 4.36. The van der Waals surface area contributed by atoms with Crippen LogP contribution in [0.25, 0.3) is 0 Å². The highest BCUT2D eigenvalue weighted by atomic mass is 32.2. The molecule has 7 heteroatoms. The molecule has 0 radical (unpaired) electrons. The molecule has 0 unspecified atom stereocenters.